The summed E-state index contributed by atoms with van der Waals surface area (Å²) in [5.41, 5.74) is 0. The lowest BCUT2D eigenvalue weighted by Gasteiger charge is -2.37. The molecule has 0 aromatic carbocycles. The Labute approximate surface area is 101 Å². The molecule has 0 saturated carbocycles. The van der Waals surface area contributed by atoms with E-state index in [4.69, 9.17) is 0 Å². The van der Waals surface area contributed by atoms with Crippen LogP contribution in [-0.2, 0) is 11.8 Å². The highest BCUT2D eigenvalue weighted by atomic mass is 16.1. The van der Waals surface area contributed by atoms with Crippen LogP contribution in [0.3, 0.4) is 0 Å². The molecule has 2 aliphatic rings. The number of carbonyl (C=O) groups excluding carboxylic acids is 1. The van der Waals surface area contributed by atoms with Gasteiger partial charge in [-0.3, -0.25) is 9.69 Å². The Kier molecular flexibility index (Phi) is 2.50. The third-order valence-corrected chi connectivity index (χ3v) is 4.17. The number of nitrogens with zero attached hydrogens (tertiary/aromatic N) is 4. The summed E-state index contributed by atoms with van der Waals surface area (Å²) < 4.78 is 1.97. The van der Waals surface area contributed by atoms with Crippen molar-refractivity contribution in [3.63, 3.8) is 0 Å². The normalized spacial score (nSPS) is 30.8. The van der Waals surface area contributed by atoms with E-state index in [1.54, 1.807) is 6.33 Å². The molecule has 0 radical (unpaired) electrons. The van der Waals surface area contributed by atoms with Crippen molar-refractivity contribution in [3.05, 3.63) is 12.2 Å². The number of ketones is 1. The quantitative estimate of drug-likeness (QED) is 0.768. The summed E-state index contributed by atoms with van der Waals surface area (Å²) in [6.07, 6.45) is 5.48. The molecule has 3 rings (SSSR count). The average molecular weight is 234 g/mol. The molecule has 92 valence electrons. The third-order valence-electron chi connectivity index (χ3n) is 4.17. The molecule has 1 aromatic rings. The second kappa shape index (κ2) is 3.91. The van der Waals surface area contributed by atoms with Gasteiger partial charge in [-0.15, -0.1) is 10.2 Å². The predicted octanol–water partition coefficient (Wildman–Crippen LogP) is 1.07. The number of piperidine rings is 1. The predicted molar refractivity (Wildman–Crippen MR) is 62.3 cm³/mol. The molecule has 2 fully saturated rings. The van der Waals surface area contributed by atoms with E-state index < -0.39 is 0 Å². The van der Waals surface area contributed by atoms with E-state index in [-0.39, 0.29) is 6.04 Å². The van der Waals surface area contributed by atoms with Crippen LogP contribution in [0.25, 0.3) is 0 Å². The zero-order valence-electron chi connectivity index (χ0n) is 10.3. The van der Waals surface area contributed by atoms with Crippen molar-refractivity contribution >= 4 is 5.78 Å². The minimum atomic E-state index is 0.258. The van der Waals surface area contributed by atoms with Crippen LogP contribution in [0.15, 0.2) is 6.33 Å². The van der Waals surface area contributed by atoms with Crippen molar-refractivity contribution < 1.29 is 4.79 Å². The summed E-state index contributed by atoms with van der Waals surface area (Å²) in [5, 5.41) is 8.14. The van der Waals surface area contributed by atoms with Gasteiger partial charge in [0.05, 0.1) is 6.04 Å². The summed E-state index contributed by atoms with van der Waals surface area (Å²) in [6, 6.07) is 1.11. The van der Waals surface area contributed by atoms with Crippen molar-refractivity contribution in [3.8, 4) is 0 Å². The number of rotatable bonds is 2. The zero-order chi connectivity index (χ0) is 12.0. The molecule has 1 aromatic heterocycles. The summed E-state index contributed by atoms with van der Waals surface area (Å²) in [7, 11) is 1.98. The van der Waals surface area contributed by atoms with Crippen LogP contribution in [0, 0.1) is 0 Å². The number of hydrogen-bond acceptors (Lipinski definition) is 4. The first-order valence-electron chi connectivity index (χ1n) is 6.30. The standard InChI is InChI=1S/C12H18N4O/c1-8(12-14-13-7-15(12)2)16-9-3-4-10(16)6-11(17)5-9/h7-10H,3-6H2,1-2H3. The molecule has 0 N–H and O–H groups in total. The number of fused-ring (bicyclic) bond motifs is 2. The van der Waals surface area contributed by atoms with Gasteiger partial charge < -0.3 is 4.57 Å². The van der Waals surface area contributed by atoms with Crippen LogP contribution in [-0.4, -0.2) is 37.5 Å². The van der Waals surface area contributed by atoms with Crippen LogP contribution in [0.2, 0.25) is 0 Å². The first-order chi connectivity index (χ1) is 8.16. The minimum Gasteiger partial charge on any atom is -0.319 e. The Hall–Kier alpha value is -1.23. The fraction of sp³-hybridized carbons (Fsp3) is 0.750. The highest BCUT2D eigenvalue weighted by molar-refractivity contribution is 5.81. The third kappa shape index (κ3) is 1.69. The highest BCUT2D eigenvalue weighted by Gasteiger charge is 2.43. The molecule has 0 amide bonds. The Morgan fingerprint density at radius 1 is 1.35 bits per heavy atom. The van der Waals surface area contributed by atoms with Gasteiger partial charge in [-0.05, 0) is 19.8 Å². The average Bonchev–Trinajstić information content (AvgIpc) is 2.81. The van der Waals surface area contributed by atoms with Crippen LogP contribution in [0.1, 0.15) is 44.5 Å². The van der Waals surface area contributed by atoms with Gasteiger partial charge >= 0.3 is 0 Å². The van der Waals surface area contributed by atoms with E-state index in [9.17, 15) is 4.79 Å². The molecular formula is C12H18N4O. The van der Waals surface area contributed by atoms with Crippen molar-refractivity contribution in [2.45, 2.75) is 50.7 Å². The topological polar surface area (TPSA) is 51.0 Å². The number of aryl methyl sites for hydroxylation is 1. The van der Waals surface area contributed by atoms with Crippen LogP contribution < -0.4 is 0 Å². The molecule has 5 heteroatoms. The van der Waals surface area contributed by atoms with E-state index in [1.165, 1.54) is 0 Å². The SMILES string of the molecule is CC(c1nncn1C)N1C2CCC1CC(=O)C2. The number of hydrogen-bond donors (Lipinski definition) is 0. The lowest BCUT2D eigenvalue weighted by Crippen LogP contribution is -2.45. The Morgan fingerprint density at radius 3 is 2.53 bits per heavy atom. The van der Waals surface area contributed by atoms with Crippen molar-refractivity contribution in [2.75, 3.05) is 0 Å². The zero-order valence-corrected chi connectivity index (χ0v) is 10.3. The Morgan fingerprint density at radius 2 is 2.00 bits per heavy atom. The molecule has 0 spiro atoms. The monoisotopic (exact) mass is 234 g/mol. The number of aromatic nitrogens is 3. The van der Waals surface area contributed by atoms with Gasteiger partial charge in [0.2, 0.25) is 0 Å². The molecule has 3 unspecified atom stereocenters. The van der Waals surface area contributed by atoms with Gasteiger partial charge in [0.25, 0.3) is 0 Å². The second-order valence-corrected chi connectivity index (χ2v) is 5.26. The van der Waals surface area contributed by atoms with E-state index in [0.29, 0.717) is 17.9 Å². The molecule has 2 bridgehead atoms. The Bertz CT molecular complexity index is 425. The maximum Gasteiger partial charge on any atom is 0.149 e. The van der Waals surface area contributed by atoms with Gasteiger partial charge in [0.15, 0.2) is 0 Å². The van der Waals surface area contributed by atoms with E-state index in [0.717, 1.165) is 31.5 Å². The maximum atomic E-state index is 11.6. The van der Waals surface area contributed by atoms with E-state index >= 15 is 0 Å². The van der Waals surface area contributed by atoms with Gasteiger partial charge in [-0.25, -0.2) is 0 Å². The summed E-state index contributed by atoms with van der Waals surface area (Å²) in [4.78, 5) is 14.1. The largest absolute Gasteiger partial charge is 0.319 e. The van der Waals surface area contributed by atoms with E-state index in [1.807, 2.05) is 11.6 Å². The van der Waals surface area contributed by atoms with Crippen LogP contribution in [0.4, 0.5) is 0 Å². The molecule has 3 heterocycles. The molecule has 0 aliphatic carbocycles. The molecule has 17 heavy (non-hydrogen) atoms. The van der Waals surface area contributed by atoms with Crippen molar-refractivity contribution in [2.24, 2.45) is 7.05 Å². The molecular weight excluding hydrogens is 216 g/mol. The number of carbonyl (C=O) groups is 1. The lowest BCUT2D eigenvalue weighted by molar-refractivity contribution is -0.124. The van der Waals surface area contributed by atoms with Gasteiger partial charge in [-0.2, -0.15) is 0 Å². The molecule has 2 aliphatic heterocycles. The Balaban J connectivity index is 1.86. The smallest absolute Gasteiger partial charge is 0.149 e. The maximum absolute atomic E-state index is 11.6. The first-order valence-corrected chi connectivity index (χ1v) is 6.30. The van der Waals surface area contributed by atoms with Crippen LogP contribution in [0.5, 0.6) is 0 Å². The molecule has 3 atom stereocenters. The van der Waals surface area contributed by atoms with Gasteiger partial charge in [-0.1, -0.05) is 0 Å². The molecule has 5 nitrogen and oxygen atoms in total. The first kappa shape index (κ1) is 10.9. The lowest BCUT2D eigenvalue weighted by atomic mass is 9.99. The van der Waals surface area contributed by atoms with Crippen molar-refractivity contribution in [1.82, 2.24) is 19.7 Å². The number of Topliss-reactive ketones (excluding diaryl/α,β-unsaturated/α-hetero) is 1. The van der Waals surface area contributed by atoms with Gasteiger partial charge in [0.1, 0.15) is 17.9 Å². The molecule has 2 saturated heterocycles. The highest BCUT2D eigenvalue weighted by Crippen LogP contribution is 2.39. The van der Waals surface area contributed by atoms with E-state index in [2.05, 4.69) is 22.0 Å². The van der Waals surface area contributed by atoms with Gasteiger partial charge in [0, 0.05) is 32.0 Å². The van der Waals surface area contributed by atoms with Crippen LogP contribution >= 0.6 is 0 Å². The second-order valence-electron chi connectivity index (χ2n) is 5.26. The fourth-order valence-corrected chi connectivity index (χ4v) is 3.44. The van der Waals surface area contributed by atoms with Crippen molar-refractivity contribution in [1.29, 1.82) is 0 Å². The minimum absolute atomic E-state index is 0.258. The fourth-order valence-electron chi connectivity index (χ4n) is 3.44. The summed E-state index contributed by atoms with van der Waals surface area (Å²) in [5.74, 6) is 1.43. The summed E-state index contributed by atoms with van der Waals surface area (Å²) in [6.45, 7) is 2.17. The summed E-state index contributed by atoms with van der Waals surface area (Å²) >= 11 is 0.